The Morgan fingerprint density at radius 1 is 1.42 bits per heavy atom. The van der Waals surface area contributed by atoms with Crippen molar-refractivity contribution in [2.24, 2.45) is 0 Å². The van der Waals surface area contributed by atoms with Gasteiger partial charge in [-0.15, -0.1) is 0 Å². The molecule has 7 heteroatoms. The summed E-state index contributed by atoms with van der Waals surface area (Å²) < 4.78 is 19.4. The topological polar surface area (TPSA) is 70.7 Å². The van der Waals surface area contributed by atoms with Gasteiger partial charge in [0.2, 0.25) is 0 Å². The third-order valence-corrected chi connectivity index (χ3v) is 3.37. The van der Waals surface area contributed by atoms with Crippen molar-refractivity contribution in [3.8, 4) is 0 Å². The Kier molecular flexibility index (Phi) is 5.31. The third kappa shape index (κ3) is 4.84. The van der Waals surface area contributed by atoms with Crippen LogP contribution in [-0.4, -0.2) is 35.1 Å². The summed E-state index contributed by atoms with van der Waals surface area (Å²) >= 11 is 0. The molecule has 6 nitrogen and oxygen atoms in total. The fourth-order valence-corrected chi connectivity index (χ4v) is 2.01. The molecule has 0 aliphatic heterocycles. The van der Waals surface area contributed by atoms with Crippen LogP contribution in [0, 0.1) is 5.82 Å². The van der Waals surface area contributed by atoms with Crippen LogP contribution < -0.4 is 10.7 Å². The van der Waals surface area contributed by atoms with Crippen LogP contribution in [0.25, 0.3) is 0 Å². The van der Waals surface area contributed by atoms with E-state index in [1.165, 1.54) is 12.1 Å². The second kappa shape index (κ2) is 7.07. The lowest BCUT2D eigenvalue weighted by molar-refractivity contribution is -0.111. The Morgan fingerprint density at radius 2 is 2.08 bits per heavy atom. The van der Waals surface area contributed by atoms with Crippen molar-refractivity contribution in [2.45, 2.75) is 58.2 Å². The minimum atomic E-state index is -0.781. The molecule has 0 spiro atoms. The Morgan fingerprint density at radius 3 is 2.62 bits per heavy atom. The molecule has 2 rings (SSSR count). The number of para-hydroxylation sites is 1. The number of halogens is 1. The van der Waals surface area contributed by atoms with Crippen molar-refractivity contribution in [1.82, 2.24) is 5.01 Å². The molecule has 1 aromatic carbocycles. The number of hydrogen-bond donors (Lipinski definition) is 2. The quantitative estimate of drug-likeness (QED) is 0.613. The van der Waals surface area contributed by atoms with E-state index < -0.39 is 23.6 Å². The lowest BCUT2D eigenvalue weighted by Gasteiger charge is -2.31. The second-order valence-corrected chi connectivity index (χ2v) is 6.92. The molecule has 1 aromatic rings. The number of ether oxygens (including phenoxy) is 1. The summed E-state index contributed by atoms with van der Waals surface area (Å²) in [7, 11) is 0. The smallest absolute Gasteiger partial charge is 0.429 e. The van der Waals surface area contributed by atoms with Gasteiger partial charge in [0.15, 0.2) is 0 Å². The Labute approximate surface area is 141 Å². The molecule has 2 N–H and O–H groups in total. The molecule has 1 amide bonds. The molecular formula is C17H24FN3O3. The lowest BCUT2D eigenvalue weighted by Crippen LogP contribution is -2.46. The van der Waals surface area contributed by atoms with Gasteiger partial charge in [0, 0.05) is 6.04 Å². The number of hydrazine groups is 1. The van der Waals surface area contributed by atoms with E-state index in [0.29, 0.717) is 12.0 Å². The van der Waals surface area contributed by atoms with Crippen LogP contribution in [0.5, 0.6) is 0 Å². The van der Waals surface area contributed by atoms with Crippen LogP contribution in [0.3, 0.4) is 0 Å². The molecular weight excluding hydrogens is 313 g/mol. The molecule has 0 aromatic heterocycles. The summed E-state index contributed by atoms with van der Waals surface area (Å²) in [5.41, 5.74) is 2.77. The van der Waals surface area contributed by atoms with Crippen molar-refractivity contribution in [3.05, 3.63) is 24.0 Å². The first-order valence-electron chi connectivity index (χ1n) is 8.00. The Hall–Kier alpha value is -2.31. The van der Waals surface area contributed by atoms with Gasteiger partial charge in [-0.25, -0.2) is 14.2 Å². The van der Waals surface area contributed by atoms with E-state index in [1.807, 2.05) is 0 Å². The average Bonchev–Trinajstić information content (AvgIpc) is 3.29. The maximum atomic E-state index is 14.1. The molecule has 24 heavy (non-hydrogen) atoms. The molecule has 0 heterocycles. The zero-order valence-corrected chi connectivity index (χ0v) is 14.4. The van der Waals surface area contributed by atoms with Crippen LogP contribution in [-0.2, 0) is 9.53 Å². The van der Waals surface area contributed by atoms with E-state index in [4.69, 9.17) is 4.74 Å². The van der Waals surface area contributed by atoms with Crippen molar-refractivity contribution < 1.29 is 18.7 Å². The van der Waals surface area contributed by atoms with Gasteiger partial charge < -0.3 is 14.8 Å². The summed E-state index contributed by atoms with van der Waals surface area (Å²) in [5.74, 6) is -0.421. The highest BCUT2D eigenvalue weighted by molar-refractivity contribution is 5.78. The molecule has 1 atom stereocenters. The summed E-state index contributed by atoms with van der Waals surface area (Å²) in [5, 5.41) is 4.16. The average molecular weight is 337 g/mol. The number of aldehydes is 1. The maximum absolute atomic E-state index is 14.1. The molecule has 0 bridgehead atoms. The molecule has 1 saturated carbocycles. The Bertz CT molecular complexity index is 612. The minimum absolute atomic E-state index is 0.237. The standard InChI is InChI=1S/C17H24FN3O3/c1-11(10-22)21(16(23)24-17(2,3)4)20-14-7-5-6-13(18)15(14)19-12-8-9-12/h5-7,10-12,19-20H,8-9H2,1-4H3. The number of carbonyl (C=O) groups excluding carboxylic acids is 2. The number of benzene rings is 1. The van der Waals surface area contributed by atoms with Gasteiger partial charge in [-0.05, 0) is 52.7 Å². The number of hydrogen-bond acceptors (Lipinski definition) is 5. The zero-order valence-electron chi connectivity index (χ0n) is 14.4. The van der Waals surface area contributed by atoms with Gasteiger partial charge in [0.25, 0.3) is 0 Å². The molecule has 1 unspecified atom stereocenters. The van der Waals surface area contributed by atoms with E-state index in [2.05, 4.69) is 10.7 Å². The van der Waals surface area contributed by atoms with Gasteiger partial charge >= 0.3 is 6.09 Å². The summed E-state index contributed by atoms with van der Waals surface area (Å²) in [4.78, 5) is 23.5. The highest BCUT2D eigenvalue weighted by Crippen LogP contribution is 2.32. The van der Waals surface area contributed by atoms with Crippen LogP contribution >= 0.6 is 0 Å². The normalized spacial score (nSPS) is 15.4. The van der Waals surface area contributed by atoms with Gasteiger partial charge in [-0.2, -0.15) is 0 Å². The number of rotatable bonds is 6. The molecule has 0 radical (unpaired) electrons. The van der Waals surface area contributed by atoms with E-state index in [0.717, 1.165) is 17.9 Å². The number of carbonyl (C=O) groups is 2. The van der Waals surface area contributed by atoms with Crippen molar-refractivity contribution in [2.75, 3.05) is 10.7 Å². The highest BCUT2D eigenvalue weighted by Gasteiger charge is 2.28. The minimum Gasteiger partial charge on any atom is -0.442 e. The maximum Gasteiger partial charge on any atom is 0.429 e. The highest BCUT2D eigenvalue weighted by atomic mass is 19.1. The first kappa shape index (κ1) is 18.0. The summed E-state index contributed by atoms with van der Waals surface area (Å²) in [6.45, 7) is 6.75. The first-order valence-corrected chi connectivity index (χ1v) is 8.00. The third-order valence-electron chi connectivity index (χ3n) is 3.37. The van der Waals surface area contributed by atoms with Gasteiger partial charge in [0.05, 0.1) is 11.4 Å². The Balaban J connectivity index is 2.24. The summed E-state index contributed by atoms with van der Waals surface area (Å²) in [6, 6.07) is 3.98. The van der Waals surface area contributed by atoms with Gasteiger partial charge in [-0.3, -0.25) is 5.43 Å². The van der Waals surface area contributed by atoms with Crippen LogP contribution in [0.2, 0.25) is 0 Å². The SMILES string of the molecule is CC(C=O)N(Nc1cccc(F)c1NC1CC1)C(=O)OC(C)(C)C. The fourth-order valence-electron chi connectivity index (χ4n) is 2.01. The number of amides is 1. The molecule has 1 aliphatic carbocycles. The molecule has 132 valence electrons. The fraction of sp³-hybridized carbons (Fsp3) is 0.529. The summed E-state index contributed by atoms with van der Waals surface area (Å²) in [6.07, 6.45) is 1.87. The lowest BCUT2D eigenvalue weighted by atomic mass is 10.2. The largest absolute Gasteiger partial charge is 0.442 e. The second-order valence-electron chi connectivity index (χ2n) is 6.92. The van der Waals surface area contributed by atoms with Crippen molar-refractivity contribution in [3.63, 3.8) is 0 Å². The van der Waals surface area contributed by atoms with E-state index >= 15 is 0 Å². The predicted molar refractivity (Wildman–Crippen MR) is 90.3 cm³/mol. The van der Waals surface area contributed by atoms with Gasteiger partial charge in [0.1, 0.15) is 23.7 Å². The van der Waals surface area contributed by atoms with Crippen molar-refractivity contribution >= 4 is 23.8 Å². The van der Waals surface area contributed by atoms with Crippen LogP contribution in [0.15, 0.2) is 18.2 Å². The first-order chi connectivity index (χ1) is 11.2. The number of nitrogens with zero attached hydrogens (tertiary/aromatic N) is 1. The van der Waals surface area contributed by atoms with E-state index in [9.17, 15) is 14.0 Å². The van der Waals surface area contributed by atoms with Crippen LogP contribution in [0.1, 0.15) is 40.5 Å². The zero-order chi connectivity index (χ0) is 17.9. The number of anilines is 2. The van der Waals surface area contributed by atoms with Gasteiger partial charge in [-0.1, -0.05) is 6.07 Å². The van der Waals surface area contributed by atoms with Crippen molar-refractivity contribution in [1.29, 1.82) is 0 Å². The molecule has 0 saturated heterocycles. The predicted octanol–water partition coefficient (Wildman–Crippen LogP) is 3.55. The van der Waals surface area contributed by atoms with E-state index in [-0.39, 0.29) is 11.7 Å². The number of nitrogens with one attached hydrogen (secondary N) is 2. The molecule has 1 fully saturated rings. The van der Waals surface area contributed by atoms with Crippen LogP contribution in [0.4, 0.5) is 20.6 Å². The molecule has 1 aliphatic rings. The van der Waals surface area contributed by atoms with E-state index in [1.54, 1.807) is 33.8 Å². The monoisotopic (exact) mass is 337 g/mol.